The second-order valence-electron chi connectivity index (χ2n) is 3.86. The number of benzene rings is 1. The highest BCUT2D eigenvalue weighted by Gasteiger charge is 2.30. The van der Waals surface area contributed by atoms with E-state index in [1.807, 2.05) is 6.07 Å². The Balaban J connectivity index is 2.36. The smallest absolute Gasteiger partial charge is 0.270 e. The molecule has 0 aliphatic carbocycles. The van der Waals surface area contributed by atoms with Crippen LogP contribution in [0.4, 0.5) is 5.69 Å². The lowest BCUT2D eigenvalue weighted by molar-refractivity contribution is -0.385. The van der Waals surface area contributed by atoms with Crippen LogP contribution in [-0.2, 0) is 0 Å². The lowest BCUT2D eigenvalue weighted by Crippen LogP contribution is -2.25. The maximum Gasteiger partial charge on any atom is 0.270 e. The molecular formula is C11H10N2O4. The summed E-state index contributed by atoms with van der Waals surface area (Å²) < 4.78 is 5.36. The van der Waals surface area contributed by atoms with E-state index < -0.39 is 11.0 Å². The first kappa shape index (κ1) is 11.4. The molecule has 1 aromatic rings. The molecule has 0 bridgehead atoms. The third-order valence-corrected chi connectivity index (χ3v) is 2.78. The summed E-state index contributed by atoms with van der Waals surface area (Å²) in [6.45, 7) is 0.250. The van der Waals surface area contributed by atoms with E-state index >= 15 is 0 Å². The minimum absolute atomic E-state index is 0.0935. The monoisotopic (exact) mass is 234 g/mol. The largest absolute Gasteiger partial charge is 0.493 e. The van der Waals surface area contributed by atoms with Gasteiger partial charge in [0.05, 0.1) is 23.7 Å². The van der Waals surface area contributed by atoms with Gasteiger partial charge in [-0.3, -0.25) is 10.1 Å². The van der Waals surface area contributed by atoms with Gasteiger partial charge >= 0.3 is 0 Å². The number of hydrogen-bond donors (Lipinski definition) is 1. The summed E-state index contributed by atoms with van der Waals surface area (Å²) in [7, 11) is 0. The van der Waals surface area contributed by atoms with Crippen LogP contribution in [0.3, 0.4) is 0 Å². The molecule has 1 heterocycles. The van der Waals surface area contributed by atoms with E-state index in [1.165, 1.54) is 18.2 Å². The second-order valence-corrected chi connectivity index (χ2v) is 3.86. The fourth-order valence-electron chi connectivity index (χ4n) is 1.84. The molecule has 0 amide bonds. The minimum Gasteiger partial charge on any atom is -0.493 e. The Kier molecular flexibility index (Phi) is 2.93. The number of ether oxygens (including phenoxy) is 1. The Morgan fingerprint density at radius 3 is 3.06 bits per heavy atom. The van der Waals surface area contributed by atoms with Gasteiger partial charge in [0.25, 0.3) is 5.69 Å². The van der Waals surface area contributed by atoms with E-state index in [9.17, 15) is 15.2 Å². The Labute approximate surface area is 97.2 Å². The maximum absolute atomic E-state index is 10.6. The van der Waals surface area contributed by atoms with Crippen LogP contribution in [0.5, 0.6) is 5.75 Å². The van der Waals surface area contributed by atoms with Gasteiger partial charge in [0.1, 0.15) is 5.75 Å². The Morgan fingerprint density at radius 2 is 2.41 bits per heavy atom. The van der Waals surface area contributed by atoms with E-state index in [-0.39, 0.29) is 24.6 Å². The number of rotatable bonds is 2. The highest BCUT2D eigenvalue weighted by atomic mass is 16.6. The number of nitriles is 1. The Hall–Kier alpha value is -2.13. The van der Waals surface area contributed by atoms with Gasteiger partial charge in [0.2, 0.25) is 0 Å². The molecular weight excluding hydrogens is 224 g/mol. The van der Waals surface area contributed by atoms with Crippen molar-refractivity contribution in [2.45, 2.75) is 12.5 Å². The number of nitro groups is 1. The molecule has 2 rings (SSSR count). The van der Waals surface area contributed by atoms with E-state index in [4.69, 9.17) is 10.00 Å². The fourth-order valence-corrected chi connectivity index (χ4v) is 1.84. The molecule has 0 unspecified atom stereocenters. The zero-order valence-corrected chi connectivity index (χ0v) is 8.87. The molecule has 0 radical (unpaired) electrons. The fraction of sp³-hybridized carbons (Fsp3) is 0.364. The Bertz CT molecular complexity index is 495. The van der Waals surface area contributed by atoms with Gasteiger partial charge < -0.3 is 9.84 Å². The van der Waals surface area contributed by atoms with Crippen molar-refractivity contribution in [2.75, 3.05) is 6.61 Å². The quantitative estimate of drug-likeness (QED) is 0.618. The molecule has 6 heteroatoms. The van der Waals surface area contributed by atoms with Crippen LogP contribution in [-0.4, -0.2) is 16.6 Å². The van der Waals surface area contributed by atoms with Crippen molar-refractivity contribution in [3.63, 3.8) is 0 Å². The molecule has 0 saturated carbocycles. The summed E-state index contributed by atoms with van der Waals surface area (Å²) in [5, 5.41) is 29.2. The van der Waals surface area contributed by atoms with Crippen molar-refractivity contribution in [3.05, 3.63) is 33.9 Å². The van der Waals surface area contributed by atoms with Crippen molar-refractivity contribution < 1.29 is 14.8 Å². The number of aliphatic hydroxyl groups excluding tert-OH is 1. The van der Waals surface area contributed by atoms with Crippen LogP contribution in [0.15, 0.2) is 18.2 Å². The molecule has 0 saturated heterocycles. The van der Waals surface area contributed by atoms with Crippen molar-refractivity contribution in [2.24, 2.45) is 5.92 Å². The Morgan fingerprint density at radius 1 is 1.65 bits per heavy atom. The molecule has 6 nitrogen and oxygen atoms in total. The molecule has 88 valence electrons. The molecule has 1 aromatic carbocycles. The van der Waals surface area contributed by atoms with Crippen LogP contribution in [0.25, 0.3) is 0 Å². The van der Waals surface area contributed by atoms with Crippen LogP contribution in [0.1, 0.15) is 18.1 Å². The van der Waals surface area contributed by atoms with Gasteiger partial charge in [-0.1, -0.05) is 0 Å². The summed E-state index contributed by atoms with van der Waals surface area (Å²) in [5.74, 6) is 0.104. The number of nitrogens with zero attached hydrogens (tertiary/aromatic N) is 2. The first-order chi connectivity index (χ1) is 8.13. The van der Waals surface area contributed by atoms with Crippen molar-refractivity contribution in [3.8, 4) is 11.8 Å². The van der Waals surface area contributed by atoms with Gasteiger partial charge in [-0.25, -0.2) is 0 Å². The van der Waals surface area contributed by atoms with E-state index in [0.717, 1.165) is 0 Å². The summed E-state index contributed by atoms with van der Waals surface area (Å²) in [5.41, 5.74) is 0.287. The number of aliphatic hydroxyl groups is 1. The molecule has 17 heavy (non-hydrogen) atoms. The summed E-state index contributed by atoms with van der Waals surface area (Å²) in [6, 6.07) is 6.06. The number of hydrogen-bond acceptors (Lipinski definition) is 5. The minimum atomic E-state index is -0.890. The van der Waals surface area contributed by atoms with Gasteiger partial charge in [-0.15, -0.1) is 0 Å². The normalized spacial score (nSPS) is 22.1. The summed E-state index contributed by atoms with van der Waals surface area (Å²) in [4.78, 5) is 10.1. The summed E-state index contributed by atoms with van der Waals surface area (Å²) >= 11 is 0. The zero-order valence-electron chi connectivity index (χ0n) is 8.87. The molecule has 1 N–H and O–H groups in total. The summed E-state index contributed by atoms with van der Waals surface area (Å²) in [6.07, 6.45) is -0.734. The first-order valence-electron chi connectivity index (χ1n) is 5.09. The van der Waals surface area contributed by atoms with Gasteiger partial charge in [-0.2, -0.15) is 5.26 Å². The lowest BCUT2D eigenvalue weighted by atomic mass is 9.91. The van der Waals surface area contributed by atoms with Crippen molar-refractivity contribution >= 4 is 5.69 Å². The molecule has 1 aliphatic heterocycles. The third-order valence-electron chi connectivity index (χ3n) is 2.78. The van der Waals surface area contributed by atoms with E-state index in [0.29, 0.717) is 11.3 Å². The predicted octanol–water partition coefficient (Wildman–Crippen LogP) is 1.55. The lowest BCUT2D eigenvalue weighted by Gasteiger charge is -2.28. The standard InChI is InChI=1S/C11H10N2O4/c12-4-3-7-6-17-10-2-1-8(13(15)16)5-9(10)11(7)14/h1-2,5,7,11,14H,3,6H2/t7-,11-/m0/s1. The van der Waals surface area contributed by atoms with E-state index in [2.05, 4.69) is 0 Å². The van der Waals surface area contributed by atoms with Crippen molar-refractivity contribution in [1.29, 1.82) is 5.26 Å². The zero-order chi connectivity index (χ0) is 12.4. The molecule has 0 spiro atoms. The number of fused-ring (bicyclic) bond motifs is 1. The van der Waals surface area contributed by atoms with Gasteiger partial charge in [0.15, 0.2) is 0 Å². The van der Waals surface area contributed by atoms with Crippen LogP contribution < -0.4 is 4.74 Å². The SMILES string of the molecule is N#CC[C@H]1COc2ccc([N+](=O)[O-])cc2[C@H]1O. The molecule has 1 aliphatic rings. The predicted molar refractivity (Wildman–Crippen MR) is 57.3 cm³/mol. The molecule has 0 fully saturated rings. The maximum atomic E-state index is 10.6. The van der Waals surface area contributed by atoms with Gasteiger partial charge in [0, 0.05) is 30.0 Å². The van der Waals surface area contributed by atoms with Gasteiger partial charge in [-0.05, 0) is 6.07 Å². The van der Waals surface area contributed by atoms with Crippen molar-refractivity contribution in [1.82, 2.24) is 0 Å². The topological polar surface area (TPSA) is 96.4 Å². The van der Waals surface area contributed by atoms with Crippen LogP contribution in [0.2, 0.25) is 0 Å². The molecule has 0 aromatic heterocycles. The highest BCUT2D eigenvalue weighted by Crippen LogP contribution is 2.38. The van der Waals surface area contributed by atoms with Crippen LogP contribution in [0, 0.1) is 27.4 Å². The first-order valence-corrected chi connectivity index (χ1v) is 5.09. The van der Waals surface area contributed by atoms with E-state index in [1.54, 1.807) is 0 Å². The second kappa shape index (κ2) is 4.39. The number of non-ortho nitro benzene ring substituents is 1. The van der Waals surface area contributed by atoms with Crippen LogP contribution >= 0.6 is 0 Å². The molecule has 2 atom stereocenters. The number of nitro benzene ring substituents is 1. The highest BCUT2D eigenvalue weighted by molar-refractivity contribution is 5.46. The average molecular weight is 234 g/mol. The average Bonchev–Trinajstić information content (AvgIpc) is 2.32. The third kappa shape index (κ3) is 2.05.